The number of quaternary nitrogens is 1. The summed E-state index contributed by atoms with van der Waals surface area (Å²) in [6, 6.07) is 0. The lowest BCUT2D eigenvalue weighted by atomic mass is 10.1. The van der Waals surface area contributed by atoms with Crippen molar-refractivity contribution in [3.8, 4) is 0 Å². The summed E-state index contributed by atoms with van der Waals surface area (Å²) < 4.78 is 28.5. The molecule has 0 aromatic heterocycles. The maximum absolute atomic E-state index is 14.2. The molecule has 4 heteroatoms. The van der Waals surface area contributed by atoms with Gasteiger partial charge in [0.15, 0.2) is 0 Å². The van der Waals surface area contributed by atoms with Gasteiger partial charge in [0.25, 0.3) is 0 Å². The fourth-order valence-electron chi connectivity index (χ4n) is 4.25. The van der Waals surface area contributed by atoms with Crippen molar-refractivity contribution in [2.45, 2.75) is 143 Å². The van der Waals surface area contributed by atoms with Crippen LogP contribution >= 0.6 is 0 Å². The minimum atomic E-state index is -2.21. The monoisotopic (exact) mass is 439 g/mol. The molecular formula is C25H52ClF2N. The van der Waals surface area contributed by atoms with E-state index in [4.69, 9.17) is 0 Å². The molecule has 1 nitrogen and oxygen atoms in total. The predicted octanol–water partition coefficient (Wildman–Crippen LogP) is 6.11. The number of hydrogen-bond donors (Lipinski definition) is 0. The highest BCUT2D eigenvalue weighted by Crippen LogP contribution is 2.23. The third-order valence-electron chi connectivity index (χ3n) is 6.29. The van der Waals surface area contributed by atoms with E-state index in [-0.39, 0.29) is 16.9 Å². The molecule has 0 bridgehead atoms. The van der Waals surface area contributed by atoms with Crippen molar-refractivity contribution >= 4 is 0 Å². The molecule has 0 rings (SSSR count). The van der Waals surface area contributed by atoms with Gasteiger partial charge in [-0.2, -0.15) is 8.78 Å². The van der Waals surface area contributed by atoms with E-state index in [0.29, 0.717) is 19.6 Å². The summed E-state index contributed by atoms with van der Waals surface area (Å²) >= 11 is 0. The van der Waals surface area contributed by atoms with E-state index in [0.717, 1.165) is 38.5 Å². The number of rotatable bonds is 22. The molecule has 0 aromatic rings. The first-order valence-corrected chi connectivity index (χ1v) is 12.8. The molecule has 178 valence electrons. The number of hydrogen-bond acceptors (Lipinski definition) is 0. The van der Waals surface area contributed by atoms with Gasteiger partial charge in [-0.05, 0) is 38.5 Å². The molecule has 0 fully saturated rings. The molecule has 0 saturated carbocycles. The van der Waals surface area contributed by atoms with Crippen molar-refractivity contribution < 1.29 is 25.7 Å². The summed E-state index contributed by atoms with van der Waals surface area (Å²) in [4.78, 5) is 0. The van der Waals surface area contributed by atoms with Crippen LogP contribution < -0.4 is 12.4 Å². The zero-order chi connectivity index (χ0) is 20.9. The quantitative estimate of drug-likeness (QED) is 0.108. The van der Waals surface area contributed by atoms with Crippen molar-refractivity contribution in [1.29, 1.82) is 0 Å². The number of halogens is 3. The van der Waals surface area contributed by atoms with Crippen molar-refractivity contribution in [3.05, 3.63) is 0 Å². The summed E-state index contributed by atoms with van der Waals surface area (Å²) in [5, 5.41) is 0. The maximum atomic E-state index is 14.2. The lowest BCUT2D eigenvalue weighted by Gasteiger charge is -2.38. The van der Waals surface area contributed by atoms with E-state index < -0.39 is 6.55 Å². The van der Waals surface area contributed by atoms with Gasteiger partial charge in [-0.1, -0.05) is 97.8 Å². The zero-order valence-corrected chi connectivity index (χ0v) is 20.8. The second-order valence-corrected chi connectivity index (χ2v) is 8.97. The average molecular weight is 440 g/mol. The van der Waals surface area contributed by atoms with E-state index in [2.05, 4.69) is 20.8 Å². The lowest BCUT2D eigenvalue weighted by Crippen LogP contribution is -3.00. The SMILES string of the molecule is CCCCCCCC[N+](CCCCCCCC)(CCCCCCCC)C(F)F.[Cl-]. The predicted molar refractivity (Wildman–Crippen MR) is 121 cm³/mol. The van der Waals surface area contributed by atoms with Crippen molar-refractivity contribution in [2.24, 2.45) is 0 Å². The fourth-order valence-corrected chi connectivity index (χ4v) is 4.25. The first-order valence-electron chi connectivity index (χ1n) is 12.8. The van der Waals surface area contributed by atoms with E-state index in [1.165, 1.54) is 77.0 Å². The molecule has 0 N–H and O–H groups in total. The van der Waals surface area contributed by atoms with Crippen molar-refractivity contribution in [3.63, 3.8) is 0 Å². The highest BCUT2D eigenvalue weighted by Gasteiger charge is 2.35. The molecule has 0 aliphatic heterocycles. The highest BCUT2D eigenvalue weighted by atomic mass is 35.5. The van der Waals surface area contributed by atoms with Gasteiger partial charge >= 0.3 is 6.55 Å². The summed E-state index contributed by atoms with van der Waals surface area (Å²) in [7, 11) is 0. The van der Waals surface area contributed by atoms with Crippen LogP contribution in [0.5, 0.6) is 0 Å². The highest BCUT2D eigenvalue weighted by molar-refractivity contribution is 4.52. The van der Waals surface area contributed by atoms with Gasteiger partial charge in [0, 0.05) is 0 Å². The molecule has 0 amide bonds. The Morgan fingerprint density at radius 1 is 0.448 bits per heavy atom. The minimum Gasteiger partial charge on any atom is -1.00 e. The molecule has 29 heavy (non-hydrogen) atoms. The lowest BCUT2D eigenvalue weighted by molar-refractivity contribution is -0.979. The van der Waals surface area contributed by atoms with E-state index >= 15 is 0 Å². The van der Waals surface area contributed by atoms with E-state index in [1.54, 1.807) is 0 Å². The Hall–Kier alpha value is 0.110. The molecular weight excluding hydrogens is 388 g/mol. The number of alkyl halides is 2. The fraction of sp³-hybridized carbons (Fsp3) is 1.00. The Morgan fingerprint density at radius 3 is 0.931 bits per heavy atom. The van der Waals surface area contributed by atoms with Crippen LogP contribution in [0.1, 0.15) is 136 Å². The molecule has 0 unspecified atom stereocenters. The molecule has 0 aromatic carbocycles. The molecule has 0 radical (unpaired) electrons. The Bertz CT molecular complexity index is 272. The maximum Gasteiger partial charge on any atom is 0.380 e. The second kappa shape index (κ2) is 22.8. The molecule has 0 atom stereocenters. The van der Waals surface area contributed by atoms with Crippen molar-refractivity contribution in [2.75, 3.05) is 19.6 Å². The Labute approximate surface area is 188 Å². The van der Waals surface area contributed by atoms with Crippen LogP contribution in [-0.2, 0) is 0 Å². The van der Waals surface area contributed by atoms with Crippen LogP contribution in [-0.4, -0.2) is 30.7 Å². The number of unbranched alkanes of at least 4 members (excludes halogenated alkanes) is 15. The summed E-state index contributed by atoms with van der Waals surface area (Å²) in [5.74, 6) is 0. The van der Waals surface area contributed by atoms with E-state index in [1.807, 2.05) is 0 Å². The number of nitrogens with zero attached hydrogens (tertiary/aromatic N) is 1. The standard InChI is InChI=1S/C25H52F2N.ClH/c1-4-7-10-13-16-19-22-28(25(26)27,23-20-17-14-11-8-5-2)24-21-18-15-12-9-6-3;/h25H,4-24H2,1-3H3;1H/q+1;/p-1. The van der Waals surface area contributed by atoms with Crippen LogP contribution in [0.15, 0.2) is 0 Å². The van der Waals surface area contributed by atoms with Crippen LogP contribution in [0.3, 0.4) is 0 Å². The van der Waals surface area contributed by atoms with Gasteiger partial charge in [-0.25, -0.2) is 0 Å². The van der Waals surface area contributed by atoms with Crippen LogP contribution in [0.25, 0.3) is 0 Å². The van der Waals surface area contributed by atoms with Gasteiger partial charge in [-0.3, -0.25) is 4.48 Å². The first-order chi connectivity index (χ1) is 13.6. The third kappa shape index (κ3) is 17.5. The first kappa shape index (κ1) is 31.3. The van der Waals surface area contributed by atoms with Crippen LogP contribution in [0, 0.1) is 0 Å². The molecule has 0 aliphatic rings. The third-order valence-corrected chi connectivity index (χ3v) is 6.29. The van der Waals surface area contributed by atoms with Gasteiger partial charge in [0.05, 0.1) is 19.6 Å². The normalized spacial score (nSPS) is 11.8. The molecule has 0 saturated heterocycles. The Balaban J connectivity index is 0. The van der Waals surface area contributed by atoms with Gasteiger partial charge in [0.1, 0.15) is 0 Å². The Morgan fingerprint density at radius 2 is 0.690 bits per heavy atom. The van der Waals surface area contributed by atoms with Gasteiger partial charge in [-0.15, -0.1) is 0 Å². The summed E-state index contributed by atoms with van der Waals surface area (Å²) in [6.45, 7) is 6.52. The molecule has 0 aliphatic carbocycles. The average Bonchev–Trinajstić information content (AvgIpc) is 2.69. The van der Waals surface area contributed by atoms with Crippen molar-refractivity contribution in [1.82, 2.24) is 0 Å². The summed E-state index contributed by atoms with van der Waals surface area (Å²) in [6.07, 6.45) is 21.3. The minimum absolute atomic E-state index is 0. The second-order valence-electron chi connectivity index (χ2n) is 8.97. The smallest absolute Gasteiger partial charge is 0.380 e. The van der Waals surface area contributed by atoms with E-state index in [9.17, 15) is 8.78 Å². The van der Waals surface area contributed by atoms with Gasteiger partial charge in [0.2, 0.25) is 0 Å². The van der Waals surface area contributed by atoms with Crippen LogP contribution in [0.4, 0.5) is 8.78 Å². The largest absolute Gasteiger partial charge is 1.00 e. The van der Waals surface area contributed by atoms with Gasteiger partial charge < -0.3 is 12.4 Å². The Kier molecular flexibility index (Phi) is 24.6. The zero-order valence-electron chi connectivity index (χ0n) is 20.0. The summed E-state index contributed by atoms with van der Waals surface area (Å²) in [5.41, 5.74) is 0. The topological polar surface area (TPSA) is 0 Å². The van der Waals surface area contributed by atoms with Crippen LogP contribution in [0.2, 0.25) is 0 Å². The molecule has 0 spiro atoms. The molecule has 0 heterocycles.